The lowest BCUT2D eigenvalue weighted by Gasteiger charge is -2.16. The molecule has 0 aliphatic rings. The molecule has 8 heteroatoms. The van der Waals surface area contributed by atoms with E-state index in [4.69, 9.17) is 11.5 Å². The van der Waals surface area contributed by atoms with Gasteiger partial charge in [0, 0.05) is 11.1 Å². The van der Waals surface area contributed by atoms with Crippen molar-refractivity contribution in [3.05, 3.63) is 93.5 Å². The molecule has 6 nitrogen and oxygen atoms in total. The Morgan fingerprint density at radius 2 is 1.00 bits per heavy atom. The standard InChI is InChI=1S/C26H20F2N2O4/c1-11-3-5-14-13(19(11)23(31)15-7-9-17(29)25(33)21(15)27)6-4-12(2)20(14)24(32)16-8-10-18(30)26(34)22(16)28/h3-10,33-34H,29-30H2,1-2H3. The average Bonchev–Trinajstić information content (AvgIpc) is 2.80. The maximum absolute atomic E-state index is 14.7. The number of fused-ring (bicyclic) bond motifs is 1. The quantitative estimate of drug-likeness (QED) is 0.197. The van der Waals surface area contributed by atoms with Crippen LogP contribution in [-0.4, -0.2) is 21.8 Å². The Labute approximate surface area is 193 Å². The first kappa shape index (κ1) is 22.7. The third-order valence-electron chi connectivity index (χ3n) is 5.86. The van der Waals surface area contributed by atoms with Crippen molar-refractivity contribution < 1.29 is 28.6 Å². The highest BCUT2D eigenvalue weighted by Gasteiger charge is 2.26. The van der Waals surface area contributed by atoms with E-state index in [9.17, 15) is 28.6 Å². The van der Waals surface area contributed by atoms with E-state index in [-0.39, 0.29) is 33.6 Å². The molecule has 0 amide bonds. The number of carbonyl (C=O) groups excluding carboxylic acids is 2. The molecule has 4 aromatic rings. The largest absolute Gasteiger partial charge is 0.503 e. The minimum absolute atomic E-state index is 0.121. The molecule has 0 aromatic heterocycles. The lowest BCUT2D eigenvalue weighted by molar-refractivity contribution is 0.102. The Balaban J connectivity index is 1.97. The summed E-state index contributed by atoms with van der Waals surface area (Å²) in [5, 5.41) is 20.4. The lowest BCUT2D eigenvalue weighted by atomic mass is 9.87. The van der Waals surface area contributed by atoms with E-state index in [0.29, 0.717) is 21.9 Å². The van der Waals surface area contributed by atoms with Gasteiger partial charge in [0.2, 0.25) is 0 Å². The number of rotatable bonds is 4. The van der Waals surface area contributed by atoms with Crippen LogP contribution in [0, 0.1) is 25.5 Å². The number of phenols is 2. The predicted molar refractivity (Wildman–Crippen MR) is 125 cm³/mol. The third-order valence-corrected chi connectivity index (χ3v) is 5.86. The summed E-state index contributed by atoms with van der Waals surface area (Å²) in [5.74, 6) is -5.37. The Hall–Kier alpha value is -4.46. The molecular weight excluding hydrogens is 442 g/mol. The van der Waals surface area contributed by atoms with Crippen LogP contribution in [0.25, 0.3) is 10.8 Å². The van der Waals surface area contributed by atoms with Crippen molar-refractivity contribution in [2.75, 3.05) is 11.5 Å². The molecule has 0 spiro atoms. The molecule has 6 N–H and O–H groups in total. The van der Waals surface area contributed by atoms with Crippen molar-refractivity contribution >= 4 is 33.7 Å². The van der Waals surface area contributed by atoms with Crippen LogP contribution in [0.3, 0.4) is 0 Å². The van der Waals surface area contributed by atoms with E-state index >= 15 is 0 Å². The van der Waals surface area contributed by atoms with E-state index < -0.39 is 34.7 Å². The second-order valence-electron chi connectivity index (χ2n) is 8.00. The highest BCUT2D eigenvalue weighted by molar-refractivity contribution is 6.23. The first-order chi connectivity index (χ1) is 16.0. The van der Waals surface area contributed by atoms with Crippen LogP contribution in [0.1, 0.15) is 43.0 Å². The Kier molecular flexibility index (Phi) is 5.45. The zero-order valence-corrected chi connectivity index (χ0v) is 18.2. The molecule has 0 unspecified atom stereocenters. The van der Waals surface area contributed by atoms with Gasteiger partial charge in [0.25, 0.3) is 0 Å². The van der Waals surface area contributed by atoms with Crippen LogP contribution in [0.2, 0.25) is 0 Å². The van der Waals surface area contributed by atoms with Crippen molar-refractivity contribution in [1.82, 2.24) is 0 Å². The van der Waals surface area contributed by atoms with Gasteiger partial charge in [-0.3, -0.25) is 9.59 Å². The van der Waals surface area contributed by atoms with Crippen LogP contribution in [-0.2, 0) is 0 Å². The number of carbonyl (C=O) groups is 2. The second-order valence-corrected chi connectivity index (χ2v) is 8.00. The summed E-state index contributed by atoms with van der Waals surface area (Å²) in [4.78, 5) is 26.7. The summed E-state index contributed by atoms with van der Waals surface area (Å²) >= 11 is 0. The smallest absolute Gasteiger partial charge is 0.197 e. The monoisotopic (exact) mass is 462 g/mol. The minimum atomic E-state index is -1.15. The summed E-state index contributed by atoms with van der Waals surface area (Å²) in [6.45, 7) is 3.31. The van der Waals surface area contributed by atoms with Gasteiger partial charge in [-0.2, -0.15) is 0 Å². The Morgan fingerprint density at radius 3 is 1.35 bits per heavy atom. The van der Waals surface area contributed by atoms with E-state index in [1.165, 1.54) is 24.3 Å². The van der Waals surface area contributed by atoms with Crippen LogP contribution >= 0.6 is 0 Å². The van der Waals surface area contributed by atoms with Gasteiger partial charge in [0.15, 0.2) is 34.7 Å². The highest BCUT2D eigenvalue weighted by Crippen LogP contribution is 2.35. The summed E-state index contributed by atoms with van der Waals surface area (Å²) < 4.78 is 29.3. The number of benzene rings is 4. The molecule has 4 aromatic carbocycles. The molecule has 0 fully saturated rings. The van der Waals surface area contributed by atoms with Crippen molar-refractivity contribution in [1.29, 1.82) is 0 Å². The SMILES string of the molecule is Cc1ccc2c(C(=O)c3ccc(N)c(O)c3F)c(C)ccc2c1C(=O)c1ccc(N)c(O)c1F. The molecule has 172 valence electrons. The number of anilines is 2. The van der Waals surface area contributed by atoms with E-state index in [0.717, 1.165) is 0 Å². The maximum atomic E-state index is 14.7. The second kappa shape index (κ2) is 8.15. The average molecular weight is 462 g/mol. The molecule has 0 aliphatic carbocycles. The fourth-order valence-corrected chi connectivity index (χ4v) is 4.01. The van der Waals surface area contributed by atoms with Crippen LogP contribution in [0.15, 0.2) is 48.5 Å². The number of nitrogens with two attached hydrogens (primary N) is 2. The maximum Gasteiger partial charge on any atom is 0.197 e. The summed E-state index contributed by atoms with van der Waals surface area (Å²) in [5.41, 5.74) is 11.1. The third kappa shape index (κ3) is 3.40. The van der Waals surface area contributed by atoms with Crippen LogP contribution < -0.4 is 11.5 Å². The fourth-order valence-electron chi connectivity index (χ4n) is 4.01. The van der Waals surface area contributed by atoms with Gasteiger partial charge < -0.3 is 21.7 Å². The number of hydrogen-bond acceptors (Lipinski definition) is 6. The molecule has 4 rings (SSSR count). The topological polar surface area (TPSA) is 127 Å². The number of hydrogen-bond donors (Lipinski definition) is 4. The molecule has 34 heavy (non-hydrogen) atoms. The Morgan fingerprint density at radius 1 is 0.647 bits per heavy atom. The van der Waals surface area contributed by atoms with Crippen molar-refractivity contribution in [2.45, 2.75) is 13.8 Å². The van der Waals surface area contributed by atoms with Crippen molar-refractivity contribution in [2.24, 2.45) is 0 Å². The minimum Gasteiger partial charge on any atom is -0.503 e. The lowest BCUT2D eigenvalue weighted by Crippen LogP contribution is -2.11. The van der Waals surface area contributed by atoms with Crippen LogP contribution in [0.4, 0.5) is 20.2 Å². The summed E-state index contributed by atoms with van der Waals surface area (Å²) in [6.07, 6.45) is 0. The Bertz CT molecular complexity index is 1420. The van der Waals surface area contributed by atoms with E-state index in [1.54, 1.807) is 38.1 Å². The molecule has 0 aliphatic heterocycles. The summed E-state index contributed by atoms with van der Waals surface area (Å²) in [6, 6.07) is 11.2. The van der Waals surface area contributed by atoms with Gasteiger partial charge in [0.05, 0.1) is 22.5 Å². The molecule has 0 saturated carbocycles. The van der Waals surface area contributed by atoms with Gasteiger partial charge in [-0.1, -0.05) is 24.3 Å². The van der Waals surface area contributed by atoms with Gasteiger partial charge in [-0.05, 0) is 60.0 Å². The van der Waals surface area contributed by atoms with Crippen molar-refractivity contribution in [3.63, 3.8) is 0 Å². The van der Waals surface area contributed by atoms with Crippen molar-refractivity contribution in [3.8, 4) is 11.5 Å². The van der Waals surface area contributed by atoms with Crippen LogP contribution in [0.5, 0.6) is 11.5 Å². The normalized spacial score (nSPS) is 11.1. The first-order valence-electron chi connectivity index (χ1n) is 10.2. The molecule has 0 atom stereocenters. The van der Waals surface area contributed by atoms with E-state index in [1.807, 2.05) is 0 Å². The number of aryl methyl sites for hydroxylation is 2. The summed E-state index contributed by atoms with van der Waals surface area (Å²) in [7, 11) is 0. The molecule has 0 heterocycles. The number of aromatic hydroxyl groups is 2. The predicted octanol–water partition coefficient (Wildman–Crippen LogP) is 4.77. The zero-order chi connectivity index (χ0) is 24.9. The number of nitrogen functional groups attached to an aromatic ring is 2. The number of ketones is 2. The van der Waals surface area contributed by atoms with Gasteiger partial charge in [-0.25, -0.2) is 8.78 Å². The molecular formula is C26H20F2N2O4. The highest BCUT2D eigenvalue weighted by atomic mass is 19.1. The fraction of sp³-hybridized carbons (Fsp3) is 0.0769. The number of phenolic OH excluding ortho intramolecular Hbond substituents is 2. The van der Waals surface area contributed by atoms with Gasteiger partial charge in [0.1, 0.15) is 0 Å². The van der Waals surface area contributed by atoms with E-state index in [2.05, 4.69) is 0 Å². The van der Waals surface area contributed by atoms with Gasteiger partial charge in [-0.15, -0.1) is 0 Å². The number of halogens is 2. The molecule has 0 bridgehead atoms. The van der Waals surface area contributed by atoms with Gasteiger partial charge >= 0.3 is 0 Å². The molecule has 0 radical (unpaired) electrons. The zero-order valence-electron chi connectivity index (χ0n) is 18.2. The first-order valence-corrected chi connectivity index (χ1v) is 10.2. The molecule has 0 saturated heterocycles.